The van der Waals surface area contributed by atoms with E-state index in [2.05, 4.69) is 15.4 Å². The molecule has 3 aromatic rings. The molecule has 0 radical (unpaired) electrons. The zero-order valence-corrected chi connectivity index (χ0v) is 14.5. The Morgan fingerprint density at radius 2 is 1.73 bits per heavy atom. The van der Waals surface area contributed by atoms with E-state index in [0.29, 0.717) is 24.5 Å². The van der Waals surface area contributed by atoms with Crippen molar-refractivity contribution in [2.45, 2.75) is 19.1 Å². The maximum atomic E-state index is 13.1. The number of hydrogen-bond donors (Lipinski definition) is 1. The van der Waals surface area contributed by atoms with Crippen molar-refractivity contribution in [3.63, 3.8) is 0 Å². The number of carbonyl (C=O) groups excluding carboxylic acids is 1. The zero-order chi connectivity index (χ0) is 17.9. The van der Waals surface area contributed by atoms with Gasteiger partial charge in [-0.25, -0.2) is 0 Å². The molecule has 0 saturated carbocycles. The monoisotopic (exact) mass is 348 g/mol. The largest absolute Gasteiger partial charge is 0.367 e. The van der Waals surface area contributed by atoms with Gasteiger partial charge >= 0.3 is 0 Å². The first-order valence-corrected chi connectivity index (χ1v) is 8.68. The van der Waals surface area contributed by atoms with Crippen LogP contribution in [0.5, 0.6) is 0 Å². The molecule has 1 aliphatic rings. The van der Waals surface area contributed by atoms with Crippen LogP contribution >= 0.6 is 0 Å². The predicted octanol–water partition coefficient (Wildman–Crippen LogP) is 3.07. The maximum absolute atomic E-state index is 13.1. The van der Waals surface area contributed by atoms with Crippen LogP contribution in [-0.4, -0.2) is 45.4 Å². The lowest BCUT2D eigenvalue weighted by Gasteiger charge is -2.36. The number of morpholine rings is 1. The van der Waals surface area contributed by atoms with Gasteiger partial charge in [0.2, 0.25) is 0 Å². The van der Waals surface area contributed by atoms with Crippen LogP contribution in [0.4, 0.5) is 0 Å². The van der Waals surface area contributed by atoms with Crippen molar-refractivity contribution in [3.8, 4) is 11.3 Å². The molecule has 2 atom stereocenters. The molecular formula is C20H20N4O2. The fraction of sp³-hybridized carbons (Fsp3) is 0.250. The molecule has 1 amide bonds. The lowest BCUT2D eigenvalue weighted by Crippen LogP contribution is -2.46. The number of nitrogens with zero attached hydrogens (tertiary/aromatic N) is 3. The first-order valence-electron chi connectivity index (χ1n) is 8.68. The maximum Gasteiger partial charge on any atom is 0.276 e. The van der Waals surface area contributed by atoms with Crippen LogP contribution in [0, 0.1) is 0 Å². The van der Waals surface area contributed by atoms with Crippen LogP contribution in [0.3, 0.4) is 0 Å². The quantitative estimate of drug-likeness (QED) is 0.790. The van der Waals surface area contributed by atoms with Gasteiger partial charge in [-0.15, -0.1) is 0 Å². The van der Waals surface area contributed by atoms with Crippen molar-refractivity contribution < 1.29 is 9.53 Å². The van der Waals surface area contributed by atoms with E-state index in [-0.39, 0.29) is 18.1 Å². The Kier molecular flexibility index (Phi) is 4.50. The van der Waals surface area contributed by atoms with Gasteiger partial charge in [0.25, 0.3) is 5.91 Å². The smallest absolute Gasteiger partial charge is 0.276 e. The van der Waals surface area contributed by atoms with E-state index in [1.165, 1.54) is 0 Å². The Bertz CT molecular complexity index is 879. The van der Waals surface area contributed by atoms with E-state index in [4.69, 9.17) is 4.74 Å². The second kappa shape index (κ2) is 7.09. The first kappa shape index (κ1) is 16.5. The molecule has 1 fully saturated rings. The number of hydrogen-bond acceptors (Lipinski definition) is 4. The van der Waals surface area contributed by atoms with E-state index < -0.39 is 0 Å². The highest BCUT2D eigenvalue weighted by atomic mass is 16.5. The molecule has 0 bridgehead atoms. The van der Waals surface area contributed by atoms with Crippen molar-refractivity contribution in [1.29, 1.82) is 0 Å². The Morgan fingerprint density at radius 3 is 2.46 bits per heavy atom. The average molecular weight is 348 g/mol. The summed E-state index contributed by atoms with van der Waals surface area (Å²) in [5, 5.41) is 10.9. The number of aromatic nitrogens is 3. The van der Waals surface area contributed by atoms with E-state index >= 15 is 0 Å². The number of rotatable bonds is 3. The molecule has 0 spiro atoms. The minimum Gasteiger partial charge on any atom is -0.367 e. The summed E-state index contributed by atoms with van der Waals surface area (Å²) in [6, 6.07) is 19.6. The highest BCUT2D eigenvalue weighted by Gasteiger charge is 2.32. The third kappa shape index (κ3) is 3.23. The van der Waals surface area contributed by atoms with Gasteiger partial charge < -0.3 is 9.64 Å². The summed E-state index contributed by atoms with van der Waals surface area (Å²) in [6.07, 6.45) is -0.194. The number of H-pyrrole nitrogens is 1. The van der Waals surface area contributed by atoms with Gasteiger partial charge in [-0.2, -0.15) is 15.4 Å². The molecule has 2 unspecified atom stereocenters. The summed E-state index contributed by atoms with van der Waals surface area (Å²) in [7, 11) is 0. The number of amides is 1. The highest BCUT2D eigenvalue weighted by molar-refractivity contribution is 5.98. The minimum absolute atomic E-state index is 0.0509. The standard InChI is InChI=1S/C20H20N4O2/c1-14-12-24(13-17(26-14)15-8-4-2-5-9-15)20(25)19-18(21-23-22-19)16-10-6-3-7-11-16/h2-11,14,17H,12-13H2,1H3,(H,21,22,23). The van der Waals surface area contributed by atoms with Crippen molar-refractivity contribution in [1.82, 2.24) is 20.3 Å². The topological polar surface area (TPSA) is 71.1 Å². The van der Waals surface area contributed by atoms with Crippen molar-refractivity contribution in [3.05, 3.63) is 71.9 Å². The molecule has 1 N–H and O–H groups in total. The number of carbonyl (C=O) groups is 1. The number of nitrogens with one attached hydrogen (secondary N) is 1. The fourth-order valence-corrected chi connectivity index (χ4v) is 3.30. The van der Waals surface area contributed by atoms with E-state index in [1.54, 1.807) is 4.90 Å². The number of aromatic amines is 1. The molecular weight excluding hydrogens is 328 g/mol. The molecule has 26 heavy (non-hydrogen) atoms. The van der Waals surface area contributed by atoms with Gasteiger partial charge in [-0.05, 0) is 12.5 Å². The SMILES string of the molecule is CC1CN(C(=O)c2n[nH]nc2-c2ccccc2)CC(c2ccccc2)O1. The highest BCUT2D eigenvalue weighted by Crippen LogP contribution is 2.27. The molecule has 1 aliphatic heterocycles. The van der Waals surface area contributed by atoms with E-state index in [9.17, 15) is 4.79 Å². The third-order valence-electron chi connectivity index (χ3n) is 4.52. The van der Waals surface area contributed by atoms with Gasteiger partial charge in [0.15, 0.2) is 5.69 Å². The summed E-state index contributed by atoms with van der Waals surface area (Å²) in [6.45, 7) is 3.01. The van der Waals surface area contributed by atoms with Gasteiger partial charge in [-0.3, -0.25) is 4.79 Å². The third-order valence-corrected chi connectivity index (χ3v) is 4.52. The summed E-state index contributed by atoms with van der Waals surface area (Å²) < 4.78 is 6.05. The lowest BCUT2D eigenvalue weighted by molar-refractivity contribution is -0.0692. The van der Waals surface area contributed by atoms with Gasteiger partial charge in [0.1, 0.15) is 11.8 Å². The van der Waals surface area contributed by atoms with Crippen molar-refractivity contribution >= 4 is 5.91 Å². The average Bonchev–Trinajstić information content (AvgIpc) is 3.18. The molecule has 4 rings (SSSR count). The Hall–Kier alpha value is -2.99. The van der Waals surface area contributed by atoms with Crippen LogP contribution in [0.25, 0.3) is 11.3 Å². The number of ether oxygens (including phenoxy) is 1. The normalized spacial score (nSPS) is 20.1. The van der Waals surface area contributed by atoms with E-state index in [0.717, 1.165) is 11.1 Å². The molecule has 2 heterocycles. The molecule has 6 heteroatoms. The summed E-state index contributed by atoms with van der Waals surface area (Å²) >= 11 is 0. The van der Waals surface area contributed by atoms with E-state index in [1.807, 2.05) is 67.6 Å². The van der Waals surface area contributed by atoms with Crippen LogP contribution in [-0.2, 0) is 4.74 Å². The lowest BCUT2D eigenvalue weighted by atomic mass is 10.1. The second-order valence-corrected chi connectivity index (χ2v) is 6.44. The van der Waals surface area contributed by atoms with Gasteiger partial charge in [0.05, 0.1) is 12.6 Å². The van der Waals surface area contributed by atoms with Gasteiger partial charge in [0, 0.05) is 12.1 Å². The fourth-order valence-electron chi connectivity index (χ4n) is 3.30. The second-order valence-electron chi connectivity index (χ2n) is 6.44. The molecule has 132 valence electrons. The summed E-state index contributed by atoms with van der Waals surface area (Å²) in [5.41, 5.74) is 2.86. The molecule has 2 aromatic carbocycles. The molecule has 0 aliphatic carbocycles. The minimum atomic E-state index is -0.143. The Morgan fingerprint density at radius 1 is 1.04 bits per heavy atom. The van der Waals surface area contributed by atoms with Crippen LogP contribution < -0.4 is 0 Å². The van der Waals surface area contributed by atoms with Crippen LogP contribution in [0.15, 0.2) is 60.7 Å². The molecule has 1 aromatic heterocycles. The Balaban J connectivity index is 1.60. The summed E-state index contributed by atoms with van der Waals surface area (Å²) in [4.78, 5) is 14.9. The van der Waals surface area contributed by atoms with Crippen molar-refractivity contribution in [2.75, 3.05) is 13.1 Å². The van der Waals surface area contributed by atoms with Gasteiger partial charge in [-0.1, -0.05) is 60.7 Å². The number of benzene rings is 2. The molecule has 1 saturated heterocycles. The summed E-state index contributed by atoms with van der Waals surface area (Å²) in [5.74, 6) is -0.131. The zero-order valence-electron chi connectivity index (χ0n) is 14.5. The van der Waals surface area contributed by atoms with Crippen LogP contribution in [0.1, 0.15) is 29.1 Å². The van der Waals surface area contributed by atoms with Crippen molar-refractivity contribution in [2.24, 2.45) is 0 Å². The predicted molar refractivity (Wildman–Crippen MR) is 97.5 cm³/mol. The Labute approximate surface area is 151 Å². The first-order chi connectivity index (χ1) is 12.7. The molecule has 6 nitrogen and oxygen atoms in total. The van der Waals surface area contributed by atoms with Crippen LogP contribution in [0.2, 0.25) is 0 Å².